The number of hydrogen-bond acceptors (Lipinski definition) is 5. The number of benzene rings is 2. The molecule has 0 spiro atoms. The molecule has 3 aromatic rings. The summed E-state index contributed by atoms with van der Waals surface area (Å²) in [5.74, 6) is 1.60. The monoisotopic (exact) mass is 337 g/mol. The fraction of sp³-hybridized carbons (Fsp3) is 0.316. The molecule has 0 fully saturated rings. The summed E-state index contributed by atoms with van der Waals surface area (Å²) >= 11 is 0. The second kappa shape index (κ2) is 6.93. The van der Waals surface area contributed by atoms with Crippen molar-refractivity contribution in [3.8, 4) is 11.4 Å². The molecule has 0 aliphatic rings. The van der Waals surface area contributed by atoms with Crippen LogP contribution in [0.5, 0.6) is 5.75 Å². The van der Waals surface area contributed by atoms with Gasteiger partial charge in [-0.15, -0.1) is 5.10 Å². The minimum absolute atomic E-state index is 0.414. The first kappa shape index (κ1) is 17.0. The van der Waals surface area contributed by atoms with Gasteiger partial charge in [0.05, 0.1) is 18.3 Å². The second-order valence-corrected chi connectivity index (χ2v) is 6.29. The van der Waals surface area contributed by atoms with Crippen molar-refractivity contribution in [1.82, 2.24) is 20.2 Å². The maximum atomic E-state index is 5.22. The van der Waals surface area contributed by atoms with Crippen LogP contribution in [-0.4, -0.2) is 27.3 Å². The maximum Gasteiger partial charge on any atom is 0.181 e. The van der Waals surface area contributed by atoms with E-state index >= 15 is 0 Å². The Morgan fingerprint density at radius 2 is 1.76 bits per heavy atom. The standard InChI is InChI=1S/C19H23N5O/c1-5-19(3,20-15-8-12-17(25-4)13-9-15)18-21-22-23-24(18)16-10-6-14(2)7-11-16/h6-13,20H,5H2,1-4H3/t19-/m1/s1. The summed E-state index contributed by atoms with van der Waals surface area (Å²) in [5, 5.41) is 16.0. The number of aromatic nitrogens is 4. The third kappa shape index (κ3) is 3.47. The molecule has 0 aliphatic carbocycles. The first-order valence-corrected chi connectivity index (χ1v) is 8.34. The summed E-state index contributed by atoms with van der Waals surface area (Å²) in [6, 6.07) is 16.0. The van der Waals surface area contributed by atoms with Gasteiger partial charge >= 0.3 is 0 Å². The molecule has 0 amide bonds. The lowest BCUT2D eigenvalue weighted by atomic mass is 9.97. The average Bonchev–Trinajstić information content (AvgIpc) is 3.13. The number of rotatable bonds is 6. The van der Waals surface area contributed by atoms with E-state index in [-0.39, 0.29) is 0 Å². The second-order valence-electron chi connectivity index (χ2n) is 6.29. The van der Waals surface area contributed by atoms with Gasteiger partial charge in [-0.3, -0.25) is 0 Å². The van der Waals surface area contributed by atoms with Crippen molar-refractivity contribution < 1.29 is 4.74 Å². The van der Waals surface area contributed by atoms with Crippen LogP contribution in [0.1, 0.15) is 31.7 Å². The predicted octanol–water partition coefficient (Wildman–Crippen LogP) is 3.72. The fourth-order valence-electron chi connectivity index (χ4n) is 2.69. The van der Waals surface area contributed by atoms with E-state index < -0.39 is 5.54 Å². The van der Waals surface area contributed by atoms with Crippen molar-refractivity contribution in [1.29, 1.82) is 0 Å². The van der Waals surface area contributed by atoms with Gasteiger partial charge in [0.1, 0.15) is 5.75 Å². The van der Waals surface area contributed by atoms with Crippen molar-refractivity contribution in [2.24, 2.45) is 0 Å². The van der Waals surface area contributed by atoms with Gasteiger partial charge in [0.2, 0.25) is 0 Å². The number of nitrogens with zero attached hydrogens (tertiary/aromatic N) is 4. The Bertz CT molecular complexity index is 826. The highest BCUT2D eigenvalue weighted by atomic mass is 16.5. The molecule has 0 saturated heterocycles. The van der Waals surface area contributed by atoms with Gasteiger partial charge in [0, 0.05) is 5.69 Å². The summed E-state index contributed by atoms with van der Waals surface area (Å²) in [7, 11) is 1.66. The molecule has 1 atom stereocenters. The van der Waals surface area contributed by atoms with E-state index in [1.165, 1.54) is 5.56 Å². The predicted molar refractivity (Wildman–Crippen MR) is 98.2 cm³/mol. The topological polar surface area (TPSA) is 64.9 Å². The molecule has 130 valence electrons. The van der Waals surface area contributed by atoms with Crippen LogP contribution in [0.25, 0.3) is 5.69 Å². The Labute approximate surface area is 147 Å². The first-order valence-electron chi connectivity index (χ1n) is 8.34. The van der Waals surface area contributed by atoms with Crippen LogP contribution in [0.4, 0.5) is 5.69 Å². The summed E-state index contributed by atoms with van der Waals surface area (Å²) in [4.78, 5) is 0. The van der Waals surface area contributed by atoms with Gasteiger partial charge < -0.3 is 10.1 Å². The maximum absolute atomic E-state index is 5.22. The van der Waals surface area contributed by atoms with Crippen molar-refractivity contribution in [3.63, 3.8) is 0 Å². The summed E-state index contributed by atoms with van der Waals surface area (Å²) in [6.45, 7) is 6.28. The van der Waals surface area contributed by atoms with E-state index in [0.717, 1.165) is 29.4 Å². The van der Waals surface area contributed by atoms with Crippen LogP contribution >= 0.6 is 0 Å². The smallest absolute Gasteiger partial charge is 0.181 e. The lowest BCUT2D eigenvalue weighted by Gasteiger charge is -2.29. The largest absolute Gasteiger partial charge is 0.497 e. The van der Waals surface area contributed by atoms with Gasteiger partial charge in [-0.05, 0) is 67.1 Å². The van der Waals surface area contributed by atoms with E-state index in [9.17, 15) is 0 Å². The van der Waals surface area contributed by atoms with Gasteiger partial charge in [0.15, 0.2) is 5.82 Å². The van der Waals surface area contributed by atoms with Crippen LogP contribution in [0.15, 0.2) is 48.5 Å². The molecule has 1 aromatic heterocycles. The van der Waals surface area contributed by atoms with Gasteiger partial charge in [0.25, 0.3) is 0 Å². The molecule has 25 heavy (non-hydrogen) atoms. The average molecular weight is 337 g/mol. The zero-order valence-electron chi connectivity index (χ0n) is 15.0. The minimum atomic E-state index is -0.414. The van der Waals surface area contributed by atoms with E-state index in [4.69, 9.17) is 4.74 Å². The molecule has 0 unspecified atom stereocenters. The summed E-state index contributed by atoms with van der Waals surface area (Å²) in [6.07, 6.45) is 0.825. The highest BCUT2D eigenvalue weighted by molar-refractivity contribution is 5.49. The molecule has 6 heteroatoms. The normalized spacial score (nSPS) is 13.3. The van der Waals surface area contributed by atoms with Crippen molar-refractivity contribution in [3.05, 3.63) is 59.9 Å². The van der Waals surface area contributed by atoms with Gasteiger partial charge in [-0.2, -0.15) is 4.68 Å². The molecule has 3 rings (SSSR count). The van der Waals surface area contributed by atoms with E-state index in [1.807, 2.05) is 36.4 Å². The Hall–Kier alpha value is -2.89. The van der Waals surface area contributed by atoms with Gasteiger partial charge in [-0.1, -0.05) is 24.6 Å². The number of anilines is 1. The van der Waals surface area contributed by atoms with Crippen LogP contribution in [0.2, 0.25) is 0 Å². The molecular weight excluding hydrogens is 314 g/mol. The van der Waals surface area contributed by atoms with Crippen LogP contribution in [-0.2, 0) is 5.54 Å². The zero-order chi connectivity index (χ0) is 17.9. The molecule has 0 saturated carbocycles. The zero-order valence-corrected chi connectivity index (χ0v) is 15.0. The number of aryl methyl sites for hydroxylation is 1. The molecular formula is C19H23N5O. The Kier molecular flexibility index (Phi) is 4.70. The van der Waals surface area contributed by atoms with Crippen LogP contribution in [0.3, 0.4) is 0 Å². The summed E-state index contributed by atoms with van der Waals surface area (Å²) in [5.41, 5.74) is 2.72. The highest BCUT2D eigenvalue weighted by Crippen LogP contribution is 2.29. The molecule has 2 aromatic carbocycles. The van der Waals surface area contributed by atoms with E-state index in [2.05, 4.69) is 53.7 Å². The van der Waals surface area contributed by atoms with Crippen molar-refractivity contribution in [2.75, 3.05) is 12.4 Å². The molecule has 0 aliphatic heterocycles. The lowest BCUT2D eigenvalue weighted by molar-refractivity contribution is 0.414. The Balaban J connectivity index is 1.94. The minimum Gasteiger partial charge on any atom is -0.497 e. The Morgan fingerprint density at radius 3 is 2.36 bits per heavy atom. The third-order valence-electron chi connectivity index (χ3n) is 4.46. The highest BCUT2D eigenvalue weighted by Gasteiger charge is 2.31. The number of hydrogen-bond donors (Lipinski definition) is 1. The van der Waals surface area contributed by atoms with Crippen LogP contribution in [0, 0.1) is 6.92 Å². The quantitative estimate of drug-likeness (QED) is 0.743. The summed E-state index contributed by atoms with van der Waals surface area (Å²) < 4.78 is 7.01. The first-order chi connectivity index (χ1) is 12.1. The molecule has 1 N–H and O–H groups in total. The third-order valence-corrected chi connectivity index (χ3v) is 4.46. The molecule has 1 heterocycles. The number of methoxy groups -OCH3 is 1. The van der Waals surface area contributed by atoms with Crippen LogP contribution < -0.4 is 10.1 Å². The SMILES string of the molecule is CC[C@@](C)(Nc1ccc(OC)cc1)c1nnnn1-c1ccc(C)cc1. The van der Waals surface area contributed by atoms with E-state index in [1.54, 1.807) is 11.8 Å². The molecule has 0 bridgehead atoms. The van der Waals surface area contributed by atoms with Gasteiger partial charge in [-0.25, -0.2) is 0 Å². The van der Waals surface area contributed by atoms with E-state index in [0.29, 0.717) is 0 Å². The molecule has 6 nitrogen and oxygen atoms in total. The van der Waals surface area contributed by atoms with Crippen molar-refractivity contribution in [2.45, 2.75) is 32.7 Å². The number of ether oxygens (including phenoxy) is 1. The van der Waals surface area contributed by atoms with Crippen molar-refractivity contribution >= 4 is 5.69 Å². The number of nitrogens with one attached hydrogen (secondary N) is 1. The fourth-order valence-corrected chi connectivity index (χ4v) is 2.69. The Morgan fingerprint density at radius 1 is 1.08 bits per heavy atom. The lowest BCUT2D eigenvalue weighted by Crippen LogP contribution is -2.34. The number of tetrazole rings is 1. The molecule has 0 radical (unpaired) electrons.